The third kappa shape index (κ3) is 5.26. The SMILES string of the molecule is COc1cc(O)c([C@@H](N)[C@@H](O)CCC(C)C)c(OC)c1.Cl. The Morgan fingerprint density at radius 3 is 2.24 bits per heavy atom. The van der Waals surface area contributed by atoms with Crippen LogP contribution in [0.1, 0.15) is 38.3 Å². The molecule has 1 aromatic carbocycles. The predicted molar refractivity (Wildman–Crippen MR) is 85.5 cm³/mol. The van der Waals surface area contributed by atoms with Crippen molar-refractivity contribution in [2.45, 2.75) is 38.8 Å². The van der Waals surface area contributed by atoms with E-state index in [1.54, 1.807) is 6.07 Å². The van der Waals surface area contributed by atoms with Crippen LogP contribution in [0.15, 0.2) is 12.1 Å². The van der Waals surface area contributed by atoms with Crippen molar-refractivity contribution in [3.05, 3.63) is 17.7 Å². The smallest absolute Gasteiger partial charge is 0.131 e. The Bertz CT molecular complexity index is 440. The number of nitrogens with two attached hydrogens (primary N) is 1. The van der Waals surface area contributed by atoms with Gasteiger partial charge >= 0.3 is 0 Å². The fourth-order valence-electron chi connectivity index (χ4n) is 2.09. The van der Waals surface area contributed by atoms with Gasteiger partial charge in [0, 0.05) is 12.1 Å². The van der Waals surface area contributed by atoms with E-state index in [0.29, 0.717) is 29.4 Å². The molecule has 0 aliphatic rings. The molecule has 6 heteroatoms. The van der Waals surface area contributed by atoms with Crippen molar-refractivity contribution in [2.24, 2.45) is 11.7 Å². The van der Waals surface area contributed by atoms with Gasteiger partial charge in [-0.3, -0.25) is 0 Å². The van der Waals surface area contributed by atoms with Gasteiger partial charge in [-0.1, -0.05) is 13.8 Å². The Morgan fingerprint density at radius 1 is 1.14 bits per heavy atom. The highest BCUT2D eigenvalue weighted by Crippen LogP contribution is 2.38. The number of methoxy groups -OCH3 is 2. The average Bonchev–Trinajstić information content (AvgIpc) is 2.42. The van der Waals surface area contributed by atoms with Crippen molar-refractivity contribution in [3.63, 3.8) is 0 Å². The highest BCUT2D eigenvalue weighted by molar-refractivity contribution is 5.85. The van der Waals surface area contributed by atoms with Crippen molar-refractivity contribution in [1.82, 2.24) is 0 Å². The minimum atomic E-state index is -0.731. The quantitative estimate of drug-likeness (QED) is 0.719. The fraction of sp³-hybridized carbons (Fsp3) is 0.600. The number of phenols is 1. The molecule has 5 nitrogen and oxygen atoms in total. The molecule has 2 atom stereocenters. The van der Waals surface area contributed by atoms with Crippen LogP contribution >= 0.6 is 12.4 Å². The molecule has 21 heavy (non-hydrogen) atoms. The second-order valence-corrected chi connectivity index (χ2v) is 5.33. The number of aliphatic hydroxyl groups is 1. The largest absolute Gasteiger partial charge is 0.507 e. The van der Waals surface area contributed by atoms with E-state index in [2.05, 4.69) is 13.8 Å². The number of rotatable bonds is 7. The van der Waals surface area contributed by atoms with E-state index in [0.717, 1.165) is 6.42 Å². The first kappa shape index (κ1) is 19.8. The molecule has 122 valence electrons. The first-order chi connectivity index (χ1) is 9.40. The predicted octanol–water partition coefficient (Wildman–Crippen LogP) is 2.63. The summed E-state index contributed by atoms with van der Waals surface area (Å²) in [6.45, 7) is 4.17. The normalized spacial score (nSPS) is 13.5. The summed E-state index contributed by atoms with van der Waals surface area (Å²) >= 11 is 0. The molecule has 0 aromatic heterocycles. The number of aromatic hydroxyl groups is 1. The van der Waals surface area contributed by atoms with Crippen LogP contribution in [0.25, 0.3) is 0 Å². The summed E-state index contributed by atoms with van der Waals surface area (Å²) in [6.07, 6.45) is 0.715. The zero-order valence-electron chi connectivity index (χ0n) is 13.0. The third-order valence-corrected chi connectivity index (χ3v) is 3.34. The summed E-state index contributed by atoms with van der Waals surface area (Å²) in [4.78, 5) is 0. The summed E-state index contributed by atoms with van der Waals surface area (Å²) in [5.41, 5.74) is 6.47. The van der Waals surface area contributed by atoms with Crippen molar-refractivity contribution in [2.75, 3.05) is 14.2 Å². The van der Waals surface area contributed by atoms with Gasteiger partial charge in [0.05, 0.1) is 31.9 Å². The lowest BCUT2D eigenvalue weighted by atomic mass is 9.94. The molecule has 1 aromatic rings. The van der Waals surface area contributed by atoms with E-state index in [1.807, 2.05) is 0 Å². The summed E-state index contributed by atoms with van der Waals surface area (Å²) in [7, 11) is 3.00. The van der Waals surface area contributed by atoms with Gasteiger partial charge < -0.3 is 25.4 Å². The Balaban J connectivity index is 0.00000400. The van der Waals surface area contributed by atoms with Crippen molar-refractivity contribution in [1.29, 1.82) is 0 Å². The van der Waals surface area contributed by atoms with Gasteiger partial charge in [0.1, 0.15) is 17.2 Å². The number of phenolic OH excluding ortho intramolecular Hbond substituents is 1. The van der Waals surface area contributed by atoms with Gasteiger partial charge in [0.2, 0.25) is 0 Å². The van der Waals surface area contributed by atoms with Crippen LogP contribution in [0.2, 0.25) is 0 Å². The van der Waals surface area contributed by atoms with Crippen LogP contribution in [-0.4, -0.2) is 30.5 Å². The lowest BCUT2D eigenvalue weighted by molar-refractivity contribution is 0.126. The van der Waals surface area contributed by atoms with E-state index >= 15 is 0 Å². The molecule has 0 spiro atoms. The molecule has 0 fully saturated rings. The molecule has 0 saturated heterocycles. The summed E-state index contributed by atoms with van der Waals surface area (Å²) in [5.74, 6) is 1.35. The third-order valence-electron chi connectivity index (χ3n) is 3.34. The monoisotopic (exact) mass is 319 g/mol. The van der Waals surface area contributed by atoms with Gasteiger partial charge in [0.15, 0.2) is 0 Å². The molecular weight excluding hydrogens is 294 g/mol. The fourth-order valence-corrected chi connectivity index (χ4v) is 2.09. The lowest BCUT2D eigenvalue weighted by Gasteiger charge is -2.23. The van der Waals surface area contributed by atoms with Crippen molar-refractivity contribution in [3.8, 4) is 17.2 Å². The maximum atomic E-state index is 10.2. The van der Waals surface area contributed by atoms with Gasteiger partial charge in [-0.2, -0.15) is 0 Å². The molecule has 0 radical (unpaired) electrons. The second kappa shape index (κ2) is 8.97. The molecule has 0 aliphatic carbocycles. The molecular formula is C15H26ClNO4. The Kier molecular flexibility index (Phi) is 8.47. The minimum Gasteiger partial charge on any atom is -0.507 e. The van der Waals surface area contributed by atoms with E-state index in [-0.39, 0.29) is 18.2 Å². The number of ether oxygens (including phenoxy) is 2. The molecule has 0 heterocycles. The van der Waals surface area contributed by atoms with Crippen LogP contribution in [-0.2, 0) is 0 Å². The number of aliphatic hydroxyl groups excluding tert-OH is 1. The molecule has 1 rings (SSSR count). The first-order valence-corrected chi connectivity index (χ1v) is 6.79. The zero-order chi connectivity index (χ0) is 15.3. The molecule has 0 unspecified atom stereocenters. The van der Waals surface area contributed by atoms with Crippen LogP contribution in [0.5, 0.6) is 17.2 Å². The van der Waals surface area contributed by atoms with E-state index in [4.69, 9.17) is 15.2 Å². The Morgan fingerprint density at radius 2 is 1.76 bits per heavy atom. The summed E-state index contributed by atoms with van der Waals surface area (Å²) < 4.78 is 10.3. The summed E-state index contributed by atoms with van der Waals surface area (Å²) in [5, 5.41) is 20.2. The molecule has 4 N–H and O–H groups in total. The molecule has 0 saturated carbocycles. The highest BCUT2D eigenvalue weighted by Gasteiger charge is 2.24. The van der Waals surface area contributed by atoms with Crippen LogP contribution in [0.3, 0.4) is 0 Å². The van der Waals surface area contributed by atoms with Gasteiger partial charge in [0.25, 0.3) is 0 Å². The van der Waals surface area contributed by atoms with Crippen LogP contribution in [0.4, 0.5) is 0 Å². The minimum absolute atomic E-state index is 0. The number of hydrogen-bond acceptors (Lipinski definition) is 5. The highest BCUT2D eigenvalue weighted by atomic mass is 35.5. The van der Waals surface area contributed by atoms with Gasteiger partial charge in [-0.25, -0.2) is 0 Å². The maximum absolute atomic E-state index is 10.2. The van der Waals surface area contributed by atoms with E-state index < -0.39 is 12.1 Å². The number of halogens is 1. The lowest BCUT2D eigenvalue weighted by Crippen LogP contribution is -2.27. The van der Waals surface area contributed by atoms with E-state index in [9.17, 15) is 10.2 Å². The van der Waals surface area contributed by atoms with Crippen molar-refractivity contribution >= 4 is 12.4 Å². The zero-order valence-corrected chi connectivity index (χ0v) is 13.8. The topological polar surface area (TPSA) is 84.9 Å². The maximum Gasteiger partial charge on any atom is 0.131 e. The average molecular weight is 320 g/mol. The summed E-state index contributed by atoms with van der Waals surface area (Å²) in [6, 6.07) is 2.41. The number of benzene rings is 1. The van der Waals surface area contributed by atoms with Gasteiger partial charge in [-0.05, 0) is 18.8 Å². The van der Waals surface area contributed by atoms with E-state index in [1.165, 1.54) is 20.3 Å². The Labute approximate surface area is 132 Å². The standard InChI is InChI=1S/C15H25NO4.ClH/c1-9(2)5-6-11(17)15(16)14-12(18)7-10(19-3)8-13(14)20-4;/h7-9,11,15,17-18H,5-6,16H2,1-4H3;1H/t11-,15-;/m0./s1. The van der Waals surface area contributed by atoms with Crippen molar-refractivity contribution < 1.29 is 19.7 Å². The molecule has 0 aliphatic heterocycles. The second-order valence-electron chi connectivity index (χ2n) is 5.33. The Hall–Kier alpha value is -1.17. The first-order valence-electron chi connectivity index (χ1n) is 6.79. The molecule has 0 bridgehead atoms. The molecule has 0 amide bonds. The van der Waals surface area contributed by atoms with Crippen LogP contribution in [0, 0.1) is 5.92 Å². The van der Waals surface area contributed by atoms with Gasteiger partial charge in [-0.15, -0.1) is 12.4 Å². The van der Waals surface area contributed by atoms with Crippen LogP contribution < -0.4 is 15.2 Å². The number of hydrogen-bond donors (Lipinski definition) is 3.